The summed E-state index contributed by atoms with van der Waals surface area (Å²) in [6.45, 7) is 1.69. The Labute approximate surface area is 87.2 Å². The minimum Gasteiger partial charge on any atom is -0.353 e. The van der Waals surface area contributed by atoms with Gasteiger partial charge >= 0.3 is 6.18 Å². The summed E-state index contributed by atoms with van der Waals surface area (Å²) in [6.07, 6.45) is -2.35. The number of carbonyl (C=O) groups is 1. The molecule has 1 amide bonds. The van der Waals surface area contributed by atoms with E-state index >= 15 is 0 Å². The second-order valence-electron chi connectivity index (χ2n) is 4.02. The zero-order valence-electron chi connectivity index (χ0n) is 8.73. The van der Waals surface area contributed by atoms with Gasteiger partial charge in [-0.25, -0.2) is 0 Å². The van der Waals surface area contributed by atoms with Crippen LogP contribution in [0.1, 0.15) is 39.0 Å². The molecule has 0 aromatic carbocycles. The predicted octanol–water partition coefficient (Wildman–Crippen LogP) is 2.63. The molecule has 0 aromatic rings. The molecule has 1 fully saturated rings. The lowest BCUT2D eigenvalue weighted by Gasteiger charge is -2.30. The standard InChI is InChI=1S/C10H16F3NO/c1-2-9(15)14-8-5-3-4-7(6-8)10(11,12)13/h7-8H,2-6H2,1H3,(H,14,15)/t7-,8+/m1/s1. The maximum atomic E-state index is 12.4. The van der Waals surface area contributed by atoms with Crippen LogP contribution in [0.4, 0.5) is 13.2 Å². The van der Waals surface area contributed by atoms with Crippen LogP contribution in [0, 0.1) is 5.92 Å². The number of hydrogen-bond donors (Lipinski definition) is 1. The van der Waals surface area contributed by atoms with Crippen molar-refractivity contribution in [2.24, 2.45) is 5.92 Å². The van der Waals surface area contributed by atoms with Gasteiger partial charge in [0.2, 0.25) is 5.91 Å². The molecular formula is C10H16F3NO. The lowest BCUT2D eigenvalue weighted by molar-refractivity contribution is -0.184. The van der Waals surface area contributed by atoms with Gasteiger partial charge in [-0.05, 0) is 19.3 Å². The first-order valence-corrected chi connectivity index (χ1v) is 5.29. The molecule has 0 spiro atoms. The Morgan fingerprint density at radius 1 is 1.40 bits per heavy atom. The maximum absolute atomic E-state index is 12.4. The van der Waals surface area contributed by atoms with Crippen molar-refractivity contribution < 1.29 is 18.0 Å². The molecule has 1 rings (SSSR count). The smallest absolute Gasteiger partial charge is 0.353 e. The second kappa shape index (κ2) is 4.86. The Morgan fingerprint density at radius 3 is 2.60 bits per heavy atom. The summed E-state index contributed by atoms with van der Waals surface area (Å²) in [5.74, 6) is -1.41. The van der Waals surface area contributed by atoms with Crippen LogP contribution >= 0.6 is 0 Å². The Bertz CT molecular complexity index is 227. The first-order chi connectivity index (χ1) is 6.93. The van der Waals surface area contributed by atoms with Gasteiger partial charge in [0.05, 0.1) is 5.92 Å². The summed E-state index contributed by atoms with van der Waals surface area (Å²) in [4.78, 5) is 11.0. The number of alkyl halides is 3. The van der Waals surface area contributed by atoms with Crippen LogP contribution < -0.4 is 5.32 Å². The second-order valence-corrected chi connectivity index (χ2v) is 4.02. The summed E-state index contributed by atoms with van der Waals surface area (Å²) >= 11 is 0. The summed E-state index contributed by atoms with van der Waals surface area (Å²) < 4.78 is 37.3. The van der Waals surface area contributed by atoms with E-state index in [0.29, 0.717) is 19.3 Å². The zero-order valence-corrected chi connectivity index (χ0v) is 8.73. The highest BCUT2D eigenvalue weighted by atomic mass is 19.4. The average Bonchev–Trinajstić information content (AvgIpc) is 2.17. The lowest BCUT2D eigenvalue weighted by atomic mass is 9.85. The minimum absolute atomic E-state index is 0.0369. The molecule has 0 saturated heterocycles. The van der Waals surface area contributed by atoms with Gasteiger partial charge in [-0.3, -0.25) is 4.79 Å². The molecule has 1 saturated carbocycles. The van der Waals surface area contributed by atoms with Crippen molar-refractivity contribution in [1.82, 2.24) is 5.32 Å². The van der Waals surface area contributed by atoms with Crippen LogP contribution in [0.15, 0.2) is 0 Å². The Morgan fingerprint density at radius 2 is 2.07 bits per heavy atom. The van der Waals surface area contributed by atoms with Crippen molar-refractivity contribution in [2.45, 2.75) is 51.2 Å². The Kier molecular flexibility index (Phi) is 3.99. The Hall–Kier alpha value is -0.740. The molecule has 1 aliphatic rings. The summed E-state index contributed by atoms with van der Waals surface area (Å²) in [5, 5.41) is 2.63. The number of amides is 1. The Balaban J connectivity index is 2.46. The van der Waals surface area contributed by atoms with Gasteiger partial charge in [-0.2, -0.15) is 13.2 Å². The number of nitrogens with one attached hydrogen (secondary N) is 1. The molecule has 2 nitrogen and oxygen atoms in total. The molecule has 15 heavy (non-hydrogen) atoms. The third kappa shape index (κ3) is 3.72. The van der Waals surface area contributed by atoms with Gasteiger partial charge < -0.3 is 5.32 Å². The summed E-state index contributed by atoms with van der Waals surface area (Å²) in [5.41, 5.74) is 0. The van der Waals surface area contributed by atoms with Gasteiger partial charge in [-0.15, -0.1) is 0 Å². The van der Waals surface area contributed by atoms with Gasteiger partial charge in [0.25, 0.3) is 0 Å². The monoisotopic (exact) mass is 223 g/mol. The maximum Gasteiger partial charge on any atom is 0.391 e. The van der Waals surface area contributed by atoms with Crippen molar-refractivity contribution in [3.8, 4) is 0 Å². The lowest BCUT2D eigenvalue weighted by Crippen LogP contribution is -2.41. The fourth-order valence-corrected chi connectivity index (χ4v) is 1.95. The molecule has 5 heteroatoms. The number of hydrogen-bond acceptors (Lipinski definition) is 1. The highest BCUT2D eigenvalue weighted by Gasteiger charge is 2.42. The van der Waals surface area contributed by atoms with Crippen LogP contribution in [-0.4, -0.2) is 18.1 Å². The van der Waals surface area contributed by atoms with Gasteiger partial charge in [0, 0.05) is 12.5 Å². The zero-order chi connectivity index (χ0) is 11.5. The minimum atomic E-state index is -4.12. The number of carbonyl (C=O) groups excluding carboxylic acids is 1. The number of halogens is 3. The van der Waals surface area contributed by atoms with E-state index in [1.54, 1.807) is 6.92 Å². The van der Waals surface area contributed by atoms with Crippen LogP contribution in [0.25, 0.3) is 0 Å². The van der Waals surface area contributed by atoms with Gasteiger partial charge in [0.1, 0.15) is 0 Å². The van der Waals surface area contributed by atoms with E-state index in [0.717, 1.165) is 0 Å². The van der Waals surface area contributed by atoms with Gasteiger partial charge in [0.15, 0.2) is 0 Å². The largest absolute Gasteiger partial charge is 0.391 e. The van der Waals surface area contributed by atoms with E-state index in [-0.39, 0.29) is 24.8 Å². The van der Waals surface area contributed by atoms with E-state index in [1.165, 1.54) is 0 Å². The van der Waals surface area contributed by atoms with E-state index in [9.17, 15) is 18.0 Å². The van der Waals surface area contributed by atoms with Crippen molar-refractivity contribution in [1.29, 1.82) is 0 Å². The van der Waals surface area contributed by atoms with E-state index < -0.39 is 12.1 Å². The molecule has 2 atom stereocenters. The fourth-order valence-electron chi connectivity index (χ4n) is 1.95. The van der Waals surface area contributed by atoms with Crippen LogP contribution in [0.3, 0.4) is 0 Å². The van der Waals surface area contributed by atoms with Crippen molar-refractivity contribution in [3.05, 3.63) is 0 Å². The summed E-state index contributed by atoms with van der Waals surface area (Å²) in [6, 6.07) is -0.294. The van der Waals surface area contributed by atoms with Crippen molar-refractivity contribution in [3.63, 3.8) is 0 Å². The van der Waals surface area contributed by atoms with E-state index in [1.807, 2.05) is 0 Å². The topological polar surface area (TPSA) is 29.1 Å². The van der Waals surface area contributed by atoms with E-state index in [4.69, 9.17) is 0 Å². The molecule has 0 unspecified atom stereocenters. The van der Waals surface area contributed by atoms with Crippen LogP contribution in [0.5, 0.6) is 0 Å². The quantitative estimate of drug-likeness (QED) is 0.766. The molecule has 1 aliphatic carbocycles. The highest BCUT2D eigenvalue weighted by molar-refractivity contribution is 5.75. The third-order valence-corrected chi connectivity index (χ3v) is 2.82. The fraction of sp³-hybridized carbons (Fsp3) is 0.900. The molecule has 0 aromatic heterocycles. The first-order valence-electron chi connectivity index (χ1n) is 5.29. The molecular weight excluding hydrogens is 207 g/mol. The van der Waals surface area contributed by atoms with Crippen molar-refractivity contribution >= 4 is 5.91 Å². The number of rotatable bonds is 2. The SMILES string of the molecule is CCC(=O)N[C@H]1CCC[C@@H](C(F)(F)F)C1. The third-order valence-electron chi connectivity index (χ3n) is 2.82. The molecule has 0 bridgehead atoms. The molecule has 88 valence electrons. The average molecular weight is 223 g/mol. The highest BCUT2D eigenvalue weighted by Crippen LogP contribution is 2.37. The van der Waals surface area contributed by atoms with Gasteiger partial charge in [-0.1, -0.05) is 13.3 Å². The predicted molar refractivity (Wildman–Crippen MR) is 50.2 cm³/mol. The molecule has 0 heterocycles. The first kappa shape index (κ1) is 12.3. The van der Waals surface area contributed by atoms with Crippen LogP contribution in [0.2, 0.25) is 0 Å². The molecule has 0 aliphatic heterocycles. The summed E-state index contributed by atoms with van der Waals surface area (Å²) in [7, 11) is 0. The normalized spacial score (nSPS) is 27.5. The molecule has 1 N–H and O–H groups in total. The van der Waals surface area contributed by atoms with Crippen molar-refractivity contribution in [2.75, 3.05) is 0 Å². The van der Waals surface area contributed by atoms with Crippen LogP contribution in [-0.2, 0) is 4.79 Å². The van der Waals surface area contributed by atoms with E-state index in [2.05, 4.69) is 5.32 Å². The molecule has 0 radical (unpaired) electrons.